The molecule has 1 aromatic rings. The lowest BCUT2D eigenvalue weighted by atomic mass is 10.2. The van der Waals surface area contributed by atoms with E-state index in [0.717, 1.165) is 19.5 Å². The third-order valence-corrected chi connectivity index (χ3v) is 3.57. The summed E-state index contributed by atoms with van der Waals surface area (Å²) in [6.45, 7) is 4.12. The largest absolute Gasteiger partial charge is 0.369 e. The molecule has 1 N–H and O–H groups in total. The molecule has 14 heavy (non-hydrogen) atoms. The van der Waals surface area contributed by atoms with Gasteiger partial charge in [0.25, 0.3) is 0 Å². The van der Waals surface area contributed by atoms with Crippen LogP contribution in [-0.4, -0.2) is 12.4 Å². The second-order valence-corrected chi connectivity index (χ2v) is 4.67. The van der Waals surface area contributed by atoms with Crippen molar-refractivity contribution in [3.63, 3.8) is 0 Å². The molecule has 0 amide bonds. The molecule has 0 saturated heterocycles. The molecule has 2 rings (SSSR count). The maximum atomic E-state index is 4.47. The summed E-state index contributed by atoms with van der Waals surface area (Å²) in [6, 6.07) is 2.17. The highest BCUT2D eigenvalue weighted by Gasteiger charge is 2.05. The van der Waals surface area contributed by atoms with Gasteiger partial charge in [-0.25, -0.2) is 0 Å². The molecule has 0 unspecified atom stereocenters. The molecule has 0 aromatic carbocycles. The van der Waals surface area contributed by atoms with E-state index in [1.807, 2.05) is 11.3 Å². The van der Waals surface area contributed by atoms with Crippen LogP contribution in [0.15, 0.2) is 16.4 Å². The Labute approximate surface area is 89.1 Å². The summed E-state index contributed by atoms with van der Waals surface area (Å²) in [5.74, 6) is 1.20. The number of aliphatic imine (C=N–C) groups is 1. The van der Waals surface area contributed by atoms with Gasteiger partial charge in [0.2, 0.25) is 0 Å². The summed E-state index contributed by atoms with van der Waals surface area (Å²) in [5.41, 5.74) is 1.39. The normalized spacial score (nSPS) is 16.5. The maximum absolute atomic E-state index is 4.47. The van der Waals surface area contributed by atoms with Crippen molar-refractivity contribution < 1.29 is 0 Å². The molecule has 0 spiro atoms. The predicted molar refractivity (Wildman–Crippen MR) is 62.0 cm³/mol. The molecule has 3 heteroatoms. The molecule has 1 aromatic heterocycles. The van der Waals surface area contributed by atoms with Gasteiger partial charge in [0.1, 0.15) is 0 Å². The van der Waals surface area contributed by atoms with Gasteiger partial charge in [0, 0.05) is 17.8 Å². The fourth-order valence-electron chi connectivity index (χ4n) is 1.61. The summed E-state index contributed by atoms with van der Waals surface area (Å²) in [5, 5.41) is 5.57. The van der Waals surface area contributed by atoms with Gasteiger partial charge < -0.3 is 5.32 Å². The zero-order chi connectivity index (χ0) is 9.80. The van der Waals surface area contributed by atoms with E-state index < -0.39 is 0 Å². The first-order chi connectivity index (χ1) is 6.86. The minimum Gasteiger partial charge on any atom is -0.369 e. The lowest BCUT2D eigenvalue weighted by Crippen LogP contribution is -2.25. The predicted octanol–water partition coefficient (Wildman–Crippen LogP) is 2.73. The number of hydrogen-bond donors (Lipinski definition) is 1. The van der Waals surface area contributed by atoms with Crippen LogP contribution in [0.4, 0.5) is 0 Å². The molecule has 0 atom stereocenters. The SMILES string of the molecule is Cc1ccsc1CNC1=NCCCC1. The van der Waals surface area contributed by atoms with Crippen LogP contribution in [0.2, 0.25) is 0 Å². The van der Waals surface area contributed by atoms with Crippen LogP contribution in [0.5, 0.6) is 0 Å². The topological polar surface area (TPSA) is 24.4 Å². The zero-order valence-electron chi connectivity index (χ0n) is 8.55. The fourth-order valence-corrected chi connectivity index (χ4v) is 2.45. The van der Waals surface area contributed by atoms with E-state index in [-0.39, 0.29) is 0 Å². The summed E-state index contributed by atoms with van der Waals surface area (Å²) >= 11 is 1.82. The van der Waals surface area contributed by atoms with Crippen molar-refractivity contribution in [1.82, 2.24) is 5.32 Å². The first-order valence-corrected chi connectivity index (χ1v) is 6.04. The van der Waals surface area contributed by atoms with E-state index >= 15 is 0 Å². The zero-order valence-corrected chi connectivity index (χ0v) is 9.36. The van der Waals surface area contributed by atoms with E-state index in [2.05, 4.69) is 28.7 Å². The fraction of sp³-hybridized carbons (Fsp3) is 0.545. The van der Waals surface area contributed by atoms with Crippen LogP contribution < -0.4 is 5.32 Å². The molecule has 76 valence electrons. The number of nitrogens with zero attached hydrogens (tertiary/aromatic N) is 1. The molecular weight excluding hydrogens is 192 g/mol. The van der Waals surface area contributed by atoms with Crippen LogP contribution >= 0.6 is 11.3 Å². The Balaban J connectivity index is 1.88. The van der Waals surface area contributed by atoms with Crippen molar-refractivity contribution in [2.45, 2.75) is 32.7 Å². The van der Waals surface area contributed by atoms with Gasteiger partial charge in [0.15, 0.2) is 0 Å². The van der Waals surface area contributed by atoms with Crippen LogP contribution in [0.25, 0.3) is 0 Å². The van der Waals surface area contributed by atoms with Gasteiger partial charge in [-0.3, -0.25) is 4.99 Å². The molecule has 0 aliphatic carbocycles. The van der Waals surface area contributed by atoms with Crippen molar-refractivity contribution in [2.75, 3.05) is 6.54 Å². The molecule has 2 heterocycles. The lowest BCUT2D eigenvalue weighted by molar-refractivity contribution is 0.707. The van der Waals surface area contributed by atoms with Gasteiger partial charge in [0.05, 0.1) is 12.4 Å². The van der Waals surface area contributed by atoms with Crippen LogP contribution in [0.1, 0.15) is 29.7 Å². The Morgan fingerprint density at radius 2 is 2.43 bits per heavy atom. The number of hydrogen-bond acceptors (Lipinski definition) is 3. The van der Waals surface area contributed by atoms with E-state index in [4.69, 9.17) is 0 Å². The van der Waals surface area contributed by atoms with Crippen LogP contribution in [-0.2, 0) is 6.54 Å². The van der Waals surface area contributed by atoms with Crippen molar-refractivity contribution >= 4 is 17.2 Å². The second-order valence-electron chi connectivity index (χ2n) is 3.67. The quantitative estimate of drug-likeness (QED) is 0.794. The summed E-state index contributed by atoms with van der Waals surface area (Å²) in [6.07, 6.45) is 3.67. The van der Waals surface area contributed by atoms with Gasteiger partial charge in [-0.15, -0.1) is 11.3 Å². The highest BCUT2D eigenvalue weighted by atomic mass is 32.1. The van der Waals surface area contributed by atoms with Crippen molar-refractivity contribution in [2.24, 2.45) is 4.99 Å². The highest BCUT2D eigenvalue weighted by Crippen LogP contribution is 2.15. The van der Waals surface area contributed by atoms with Gasteiger partial charge in [-0.05, 0) is 36.8 Å². The Bertz CT molecular complexity index is 328. The maximum Gasteiger partial charge on any atom is 0.0965 e. The number of rotatable bonds is 2. The molecule has 0 bridgehead atoms. The van der Waals surface area contributed by atoms with E-state index in [1.54, 1.807) is 0 Å². The molecule has 1 aliphatic heterocycles. The lowest BCUT2D eigenvalue weighted by Gasteiger charge is -2.13. The van der Waals surface area contributed by atoms with Crippen LogP contribution in [0.3, 0.4) is 0 Å². The highest BCUT2D eigenvalue weighted by molar-refractivity contribution is 7.10. The first-order valence-electron chi connectivity index (χ1n) is 5.16. The standard InChI is InChI=1S/C11H16N2S/c1-9-5-7-14-10(9)8-13-11-4-2-3-6-12-11/h5,7H,2-4,6,8H2,1H3,(H,12,13). The van der Waals surface area contributed by atoms with Gasteiger partial charge >= 0.3 is 0 Å². The third-order valence-electron chi connectivity index (χ3n) is 2.55. The van der Waals surface area contributed by atoms with Crippen molar-refractivity contribution in [3.8, 4) is 0 Å². The number of nitrogens with one attached hydrogen (secondary N) is 1. The molecule has 0 saturated carbocycles. The average Bonchev–Trinajstić information content (AvgIpc) is 2.63. The Hall–Kier alpha value is -0.830. The minimum absolute atomic E-state index is 0.947. The number of aryl methyl sites for hydroxylation is 1. The smallest absolute Gasteiger partial charge is 0.0965 e. The van der Waals surface area contributed by atoms with Crippen molar-refractivity contribution in [1.29, 1.82) is 0 Å². The number of thiophene rings is 1. The first kappa shape index (κ1) is 9.71. The Kier molecular flexibility index (Phi) is 3.19. The monoisotopic (exact) mass is 208 g/mol. The molecule has 2 nitrogen and oxygen atoms in total. The van der Waals surface area contributed by atoms with Gasteiger partial charge in [-0.2, -0.15) is 0 Å². The number of amidine groups is 1. The average molecular weight is 208 g/mol. The van der Waals surface area contributed by atoms with E-state index in [0.29, 0.717) is 0 Å². The van der Waals surface area contributed by atoms with Crippen molar-refractivity contribution in [3.05, 3.63) is 21.9 Å². The van der Waals surface area contributed by atoms with E-state index in [9.17, 15) is 0 Å². The molecule has 0 radical (unpaired) electrons. The summed E-state index contributed by atoms with van der Waals surface area (Å²) < 4.78 is 0. The Morgan fingerprint density at radius 1 is 1.50 bits per heavy atom. The van der Waals surface area contributed by atoms with Gasteiger partial charge in [-0.1, -0.05) is 0 Å². The summed E-state index contributed by atoms with van der Waals surface area (Å²) in [4.78, 5) is 5.90. The molecule has 0 fully saturated rings. The Morgan fingerprint density at radius 3 is 3.07 bits per heavy atom. The minimum atomic E-state index is 0.947. The third kappa shape index (κ3) is 2.35. The van der Waals surface area contributed by atoms with E-state index in [1.165, 1.54) is 29.1 Å². The second kappa shape index (κ2) is 4.60. The molecular formula is C11H16N2S. The van der Waals surface area contributed by atoms with Crippen LogP contribution in [0, 0.1) is 6.92 Å². The molecule has 1 aliphatic rings. The summed E-state index contributed by atoms with van der Waals surface area (Å²) in [7, 11) is 0.